The zero-order chi connectivity index (χ0) is 15.2. The Morgan fingerprint density at radius 3 is 2.29 bits per heavy atom. The van der Waals surface area contributed by atoms with Gasteiger partial charge in [0.05, 0.1) is 6.10 Å². The van der Waals surface area contributed by atoms with Crippen molar-refractivity contribution in [2.75, 3.05) is 11.9 Å². The van der Waals surface area contributed by atoms with Crippen LogP contribution in [0.3, 0.4) is 0 Å². The van der Waals surface area contributed by atoms with Crippen LogP contribution in [-0.4, -0.2) is 11.7 Å². The molecule has 0 fully saturated rings. The molecule has 1 atom stereocenters. The van der Waals surface area contributed by atoms with Gasteiger partial charge in [0.25, 0.3) is 0 Å². The number of nitrogens with one attached hydrogen (secondary N) is 1. The van der Waals surface area contributed by atoms with Gasteiger partial charge in [0, 0.05) is 12.2 Å². The van der Waals surface area contributed by atoms with Crippen LogP contribution in [0.15, 0.2) is 48.5 Å². The van der Waals surface area contributed by atoms with Crippen LogP contribution in [-0.2, 0) is 6.42 Å². The Kier molecular flexibility index (Phi) is 5.40. The van der Waals surface area contributed by atoms with E-state index in [9.17, 15) is 5.11 Å². The molecule has 0 aliphatic carbocycles. The third-order valence-corrected chi connectivity index (χ3v) is 3.82. The van der Waals surface area contributed by atoms with Crippen molar-refractivity contribution < 1.29 is 5.11 Å². The molecule has 0 aromatic heterocycles. The van der Waals surface area contributed by atoms with Crippen molar-refractivity contribution in [3.05, 3.63) is 65.2 Å². The highest BCUT2D eigenvalue weighted by atomic mass is 16.3. The van der Waals surface area contributed by atoms with Crippen LogP contribution in [0.25, 0.3) is 0 Å². The molecule has 112 valence electrons. The van der Waals surface area contributed by atoms with E-state index < -0.39 is 6.10 Å². The molecule has 2 N–H and O–H groups in total. The quantitative estimate of drug-likeness (QED) is 0.817. The van der Waals surface area contributed by atoms with Gasteiger partial charge in [0.15, 0.2) is 0 Å². The maximum Gasteiger partial charge on any atom is 0.0962 e. The molecule has 0 aliphatic heterocycles. The minimum Gasteiger partial charge on any atom is -0.387 e. The first-order valence-corrected chi connectivity index (χ1v) is 7.71. The maximum atomic E-state index is 10.3. The van der Waals surface area contributed by atoms with E-state index in [0.717, 1.165) is 17.7 Å². The van der Waals surface area contributed by atoms with E-state index in [0.29, 0.717) is 12.5 Å². The molecule has 0 radical (unpaired) electrons. The van der Waals surface area contributed by atoms with Crippen molar-refractivity contribution in [1.82, 2.24) is 0 Å². The first-order chi connectivity index (χ1) is 10.1. The number of hydrogen-bond donors (Lipinski definition) is 2. The molecule has 0 heterocycles. The number of anilines is 1. The molecule has 0 spiro atoms. The molecule has 2 nitrogen and oxygen atoms in total. The number of benzene rings is 2. The lowest BCUT2D eigenvalue weighted by Crippen LogP contribution is -2.12. The smallest absolute Gasteiger partial charge is 0.0962 e. The molecule has 21 heavy (non-hydrogen) atoms. The maximum absolute atomic E-state index is 10.3. The van der Waals surface area contributed by atoms with Gasteiger partial charge in [0.2, 0.25) is 0 Å². The van der Waals surface area contributed by atoms with Crippen LogP contribution in [0.1, 0.15) is 49.5 Å². The lowest BCUT2D eigenvalue weighted by molar-refractivity contribution is 0.191. The zero-order valence-electron chi connectivity index (χ0n) is 13.1. The fraction of sp³-hybridized carbons (Fsp3) is 0.368. The van der Waals surface area contributed by atoms with Gasteiger partial charge in [-0.1, -0.05) is 57.2 Å². The Balaban J connectivity index is 1.96. The molecular weight excluding hydrogens is 258 g/mol. The third-order valence-electron chi connectivity index (χ3n) is 3.82. The first-order valence-electron chi connectivity index (χ1n) is 7.71. The summed E-state index contributed by atoms with van der Waals surface area (Å²) in [5.74, 6) is 0.520. The third kappa shape index (κ3) is 4.33. The Morgan fingerprint density at radius 1 is 1.00 bits per heavy atom. The van der Waals surface area contributed by atoms with Gasteiger partial charge in [-0.05, 0) is 41.2 Å². The zero-order valence-corrected chi connectivity index (χ0v) is 13.1. The molecule has 0 bridgehead atoms. The average Bonchev–Trinajstić information content (AvgIpc) is 2.53. The van der Waals surface area contributed by atoms with Crippen LogP contribution in [0.5, 0.6) is 0 Å². The van der Waals surface area contributed by atoms with Crippen LogP contribution in [0, 0.1) is 0 Å². The molecule has 2 aromatic carbocycles. The van der Waals surface area contributed by atoms with E-state index in [-0.39, 0.29) is 0 Å². The normalized spacial score (nSPS) is 12.4. The summed E-state index contributed by atoms with van der Waals surface area (Å²) in [5, 5.41) is 13.6. The Bertz CT molecular complexity index is 560. The van der Waals surface area contributed by atoms with Gasteiger partial charge in [-0.3, -0.25) is 0 Å². The van der Waals surface area contributed by atoms with E-state index >= 15 is 0 Å². The minimum absolute atomic E-state index is 0.489. The molecule has 1 unspecified atom stereocenters. The van der Waals surface area contributed by atoms with E-state index in [1.165, 1.54) is 11.1 Å². The van der Waals surface area contributed by atoms with Gasteiger partial charge in [-0.15, -0.1) is 0 Å². The number of hydrogen-bond acceptors (Lipinski definition) is 2. The van der Waals surface area contributed by atoms with E-state index in [1.807, 2.05) is 24.3 Å². The number of aliphatic hydroxyl groups excluding tert-OH is 1. The molecule has 0 saturated carbocycles. The van der Waals surface area contributed by atoms with E-state index in [4.69, 9.17) is 0 Å². The predicted octanol–water partition coefficient (Wildman–Crippen LogP) is 4.52. The molecule has 0 saturated heterocycles. The summed E-state index contributed by atoms with van der Waals surface area (Å²) in [7, 11) is 0. The molecule has 0 aliphatic rings. The standard InChI is InChI=1S/C19H25NO/c1-4-15-6-5-7-18(12-15)20-13-19(21)17-10-8-16(9-11-17)14(2)3/h5-12,14,19-21H,4,13H2,1-3H3. The van der Waals surface area contributed by atoms with Gasteiger partial charge in [0.1, 0.15) is 0 Å². The summed E-state index contributed by atoms with van der Waals surface area (Å²) in [6, 6.07) is 16.6. The Labute approximate surface area is 127 Å². The number of rotatable bonds is 6. The largest absolute Gasteiger partial charge is 0.387 e. The summed E-state index contributed by atoms with van der Waals surface area (Å²) in [5.41, 5.74) is 4.62. The number of aliphatic hydroxyl groups is 1. The summed E-state index contributed by atoms with van der Waals surface area (Å²) < 4.78 is 0. The van der Waals surface area contributed by atoms with Crippen molar-refractivity contribution in [2.24, 2.45) is 0 Å². The highest BCUT2D eigenvalue weighted by Gasteiger charge is 2.08. The van der Waals surface area contributed by atoms with Crippen molar-refractivity contribution in [3.63, 3.8) is 0 Å². The second-order valence-corrected chi connectivity index (χ2v) is 5.77. The van der Waals surface area contributed by atoms with E-state index in [2.05, 4.69) is 50.4 Å². The monoisotopic (exact) mass is 283 g/mol. The highest BCUT2D eigenvalue weighted by Crippen LogP contribution is 2.19. The van der Waals surface area contributed by atoms with Crippen LogP contribution >= 0.6 is 0 Å². The summed E-state index contributed by atoms with van der Waals surface area (Å²) in [6.45, 7) is 7.01. The lowest BCUT2D eigenvalue weighted by Gasteiger charge is -2.15. The molecular formula is C19H25NO. The molecule has 2 aromatic rings. The second-order valence-electron chi connectivity index (χ2n) is 5.77. The average molecular weight is 283 g/mol. The van der Waals surface area contributed by atoms with Crippen molar-refractivity contribution >= 4 is 5.69 Å². The van der Waals surface area contributed by atoms with Crippen LogP contribution < -0.4 is 5.32 Å². The minimum atomic E-state index is -0.489. The van der Waals surface area contributed by atoms with Gasteiger partial charge in [-0.25, -0.2) is 0 Å². The Morgan fingerprint density at radius 2 is 1.67 bits per heavy atom. The number of aryl methyl sites for hydroxylation is 1. The van der Waals surface area contributed by atoms with Crippen LogP contribution in [0.4, 0.5) is 5.69 Å². The highest BCUT2D eigenvalue weighted by molar-refractivity contribution is 5.46. The fourth-order valence-corrected chi connectivity index (χ4v) is 2.34. The van der Waals surface area contributed by atoms with Gasteiger partial charge < -0.3 is 10.4 Å². The summed E-state index contributed by atoms with van der Waals surface area (Å²) in [4.78, 5) is 0. The summed E-state index contributed by atoms with van der Waals surface area (Å²) in [6.07, 6.45) is 0.533. The van der Waals surface area contributed by atoms with Gasteiger partial charge >= 0.3 is 0 Å². The Hall–Kier alpha value is -1.80. The molecule has 2 heteroatoms. The summed E-state index contributed by atoms with van der Waals surface area (Å²) >= 11 is 0. The van der Waals surface area contributed by atoms with Crippen molar-refractivity contribution in [2.45, 2.75) is 39.2 Å². The van der Waals surface area contributed by atoms with Crippen molar-refractivity contribution in [1.29, 1.82) is 0 Å². The van der Waals surface area contributed by atoms with E-state index in [1.54, 1.807) is 0 Å². The predicted molar refractivity (Wildman–Crippen MR) is 89.8 cm³/mol. The lowest BCUT2D eigenvalue weighted by atomic mass is 10.00. The van der Waals surface area contributed by atoms with Crippen LogP contribution in [0.2, 0.25) is 0 Å². The SMILES string of the molecule is CCc1cccc(NCC(O)c2ccc(C(C)C)cc2)c1. The first kappa shape index (κ1) is 15.6. The van der Waals surface area contributed by atoms with Crippen molar-refractivity contribution in [3.8, 4) is 0 Å². The molecule has 0 amide bonds. The van der Waals surface area contributed by atoms with Gasteiger partial charge in [-0.2, -0.15) is 0 Å². The fourth-order valence-electron chi connectivity index (χ4n) is 2.34. The second kappa shape index (κ2) is 7.28. The topological polar surface area (TPSA) is 32.3 Å². The molecule has 2 rings (SSSR count).